The van der Waals surface area contributed by atoms with Gasteiger partial charge in [0.15, 0.2) is 0 Å². The molecule has 0 saturated carbocycles. The van der Waals surface area contributed by atoms with Crippen molar-refractivity contribution in [3.05, 3.63) is 30.9 Å². The summed E-state index contributed by atoms with van der Waals surface area (Å²) in [6, 6.07) is 6.45. The Labute approximate surface area is 82.3 Å². The van der Waals surface area contributed by atoms with Crippen LogP contribution in [0.4, 0.5) is 0 Å². The molecule has 1 aromatic rings. The van der Waals surface area contributed by atoms with E-state index in [1.165, 1.54) is 12.7 Å². The number of rotatable bonds is 0. The van der Waals surface area contributed by atoms with Gasteiger partial charge in [-0.3, -0.25) is 0 Å². The molecule has 9 heavy (non-hydrogen) atoms. The first-order chi connectivity index (χ1) is 4.20. The van der Waals surface area contributed by atoms with Crippen molar-refractivity contribution in [2.24, 2.45) is 0 Å². The van der Waals surface area contributed by atoms with Crippen molar-refractivity contribution in [2.45, 2.75) is 6.92 Å². The van der Waals surface area contributed by atoms with Crippen molar-refractivity contribution >= 4 is 45.2 Å². The maximum Gasteiger partial charge on any atom is 0.0266 e. The Hall–Kier alpha value is 0.680. The first kappa shape index (κ1) is 7.78. The fraction of sp³-hybridized carbons (Fsp3) is 0.143. The molecule has 0 N–H and O–H groups in total. The molecule has 0 spiro atoms. The molecule has 0 aromatic heterocycles. The van der Waals surface area contributed by atoms with Crippen LogP contribution in [0.1, 0.15) is 5.56 Å². The summed E-state index contributed by atoms with van der Waals surface area (Å²) in [6.45, 7) is 2.11. The Morgan fingerprint density at radius 3 is 2.22 bits per heavy atom. The summed E-state index contributed by atoms with van der Waals surface area (Å²) in [6.07, 6.45) is 0. The Kier molecular flexibility index (Phi) is 2.75. The van der Waals surface area contributed by atoms with Gasteiger partial charge in [-0.1, -0.05) is 11.6 Å². The van der Waals surface area contributed by atoms with Gasteiger partial charge in [-0.25, -0.2) is 0 Å². The summed E-state index contributed by atoms with van der Waals surface area (Å²) in [4.78, 5) is 0. The average molecular weight is 344 g/mol. The molecule has 1 rings (SSSR count). The summed E-state index contributed by atoms with van der Waals surface area (Å²) >= 11 is 4.68. The van der Waals surface area contributed by atoms with E-state index in [2.05, 4.69) is 70.3 Å². The minimum atomic E-state index is 1.33. The predicted octanol–water partition coefficient (Wildman–Crippen LogP) is 3.20. The zero-order valence-corrected chi connectivity index (χ0v) is 9.30. The lowest BCUT2D eigenvalue weighted by Crippen LogP contribution is -1.78. The van der Waals surface area contributed by atoms with Gasteiger partial charge in [-0.2, -0.15) is 0 Å². The molecule has 0 fully saturated rings. The molecule has 1 aromatic carbocycles. The molecule has 0 aliphatic heterocycles. The summed E-state index contributed by atoms with van der Waals surface area (Å²) in [5.74, 6) is 0. The number of hydrogen-bond acceptors (Lipinski definition) is 0. The monoisotopic (exact) mass is 344 g/mol. The topological polar surface area (TPSA) is 0 Å². The van der Waals surface area contributed by atoms with Crippen LogP contribution in [-0.2, 0) is 0 Å². The maximum atomic E-state index is 2.34. The molecular weight excluding hydrogens is 338 g/mol. The predicted molar refractivity (Wildman–Crippen MR) is 56.6 cm³/mol. The number of benzene rings is 1. The van der Waals surface area contributed by atoms with Gasteiger partial charge >= 0.3 is 0 Å². The smallest absolute Gasteiger partial charge is 0.0266 e. The second-order valence-corrected chi connectivity index (χ2v) is 4.24. The molecule has 48 valence electrons. The molecule has 0 nitrogen and oxygen atoms in total. The Morgan fingerprint density at radius 2 is 1.78 bits per heavy atom. The van der Waals surface area contributed by atoms with Crippen LogP contribution in [0, 0.1) is 14.1 Å². The van der Waals surface area contributed by atoms with Gasteiger partial charge in [0.05, 0.1) is 0 Å². The van der Waals surface area contributed by atoms with Crippen LogP contribution in [0.3, 0.4) is 0 Å². The Bertz CT molecular complexity index is 218. The molecule has 0 radical (unpaired) electrons. The molecule has 0 aliphatic carbocycles. The van der Waals surface area contributed by atoms with Crippen molar-refractivity contribution in [2.75, 3.05) is 0 Å². The van der Waals surface area contributed by atoms with Crippen LogP contribution in [0.5, 0.6) is 0 Å². The second kappa shape index (κ2) is 3.18. The van der Waals surface area contributed by atoms with E-state index in [4.69, 9.17) is 0 Å². The highest BCUT2D eigenvalue weighted by Gasteiger charge is 1.92. The lowest BCUT2D eigenvalue weighted by atomic mass is 10.2. The Balaban J connectivity index is 3.17. The normalized spacial score (nSPS) is 9.67. The summed E-state index contributed by atoms with van der Waals surface area (Å²) < 4.78 is 2.67. The largest absolute Gasteiger partial charge is 0.0582 e. The van der Waals surface area contributed by atoms with Crippen molar-refractivity contribution in [3.63, 3.8) is 0 Å². The summed E-state index contributed by atoms with van der Waals surface area (Å²) in [5, 5.41) is 0. The van der Waals surface area contributed by atoms with Crippen LogP contribution >= 0.6 is 45.2 Å². The lowest BCUT2D eigenvalue weighted by molar-refractivity contribution is 1.43. The molecule has 0 amide bonds. The minimum Gasteiger partial charge on any atom is -0.0582 e. The van der Waals surface area contributed by atoms with E-state index < -0.39 is 0 Å². The van der Waals surface area contributed by atoms with Crippen LogP contribution in [-0.4, -0.2) is 0 Å². The third kappa shape index (κ3) is 2.07. The SMILES string of the molecule is Cc1ccc(I)c(I)c1. The van der Waals surface area contributed by atoms with Crippen molar-refractivity contribution in [1.82, 2.24) is 0 Å². The lowest BCUT2D eigenvalue weighted by Gasteiger charge is -1.95. The zero-order valence-electron chi connectivity index (χ0n) is 4.99. The van der Waals surface area contributed by atoms with Crippen LogP contribution < -0.4 is 0 Å². The molecule has 2 heteroatoms. The van der Waals surface area contributed by atoms with Gasteiger partial charge < -0.3 is 0 Å². The quantitative estimate of drug-likeness (QED) is 0.635. The van der Waals surface area contributed by atoms with Crippen LogP contribution in [0.2, 0.25) is 0 Å². The van der Waals surface area contributed by atoms with E-state index in [0.717, 1.165) is 0 Å². The van der Waals surface area contributed by atoms with Crippen LogP contribution in [0.25, 0.3) is 0 Å². The fourth-order valence-electron chi connectivity index (χ4n) is 0.601. The third-order valence-corrected chi connectivity index (χ3v) is 3.94. The number of aryl methyl sites for hydroxylation is 1. The van der Waals surface area contributed by atoms with E-state index >= 15 is 0 Å². The molecule has 0 atom stereocenters. The highest BCUT2D eigenvalue weighted by molar-refractivity contribution is 14.1. The molecule has 0 unspecified atom stereocenters. The van der Waals surface area contributed by atoms with Gasteiger partial charge in [0, 0.05) is 7.14 Å². The van der Waals surface area contributed by atoms with E-state index in [-0.39, 0.29) is 0 Å². The minimum absolute atomic E-state index is 1.33. The molecule has 0 aliphatic rings. The summed E-state index contributed by atoms with van der Waals surface area (Å²) in [7, 11) is 0. The van der Waals surface area contributed by atoms with Crippen molar-refractivity contribution in [3.8, 4) is 0 Å². The third-order valence-electron chi connectivity index (χ3n) is 1.08. The number of halogens is 2. The first-order valence-electron chi connectivity index (χ1n) is 2.62. The van der Waals surface area contributed by atoms with E-state index in [0.29, 0.717) is 0 Å². The van der Waals surface area contributed by atoms with E-state index in [1.807, 2.05) is 0 Å². The Morgan fingerprint density at radius 1 is 1.11 bits per heavy atom. The zero-order chi connectivity index (χ0) is 6.85. The van der Waals surface area contributed by atoms with E-state index in [1.54, 1.807) is 0 Å². The fourth-order valence-corrected chi connectivity index (χ4v) is 1.61. The molecule has 0 heterocycles. The average Bonchev–Trinajstić information content (AvgIpc) is 1.80. The molecular formula is C7H6I2. The first-order valence-corrected chi connectivity index (χ1v) is 4.77. The molecule has 0 bridgehead atoms. The maximum absolute atomic E-state index is 2.34. The van der Waals surface area contributed by atoms with Gasteiger partial charge in [-0.15, -0.1) is 0 Å². The molecule has 0 saturated heterocycles. The van der Waals surface area contributed by atoms with Gasteiger partial charge in [0.25, 0.3) is 0 Å². The number of hydrogen-bond donors (Lipinski definition) is 0. The highest BCUT2D eigenvalue weighted by atomic mass is 127. The van der Waals surface area contributed by atoms with Crippen molar-refractivity contribution in [1.29, 1.82) is 0 Å². The van der Waals surface area contributed by atoms with Crippen molar-refractivity contribution < 1.29 is 0 Å². The van der Waals surface area contributed by atoms with Crippen LogP contribution in [0.15, 0.2) is 18.2 Å². The highest BCUT2D eigenvalue weighted by Crippen LogP contribution is 2.15. The second-order valence-electron chi connectivity index (χ2n) is 1.92. The van der Waals surface area contributed by atoms with E-state index in [9.17, 15) is 0 Å². The van der Waals surface area contributed by atoms with Gasteiger partial charge in [0.1, 0.15) is 0 Å². The van der Waals surface area contributed by atoms with Gasteiger partial charge in [-0.05, 0) is 64.2 Å². The van der Waals surface area contributed by atoms with Gasteiger partial charge in [0.2, 0.25) is 0 Å². The summed E-state index contributed by atoms with van der Waals surface area (Å²) in [5.41, 5.74) is 1.33. The standard InChI is InChI=1S/C7H6I2/c1-5-2-3-6(8)7(9)4-5/h2-4H,1H3.